The summed E-state index contributed by atoms with van der Waals surface area (Å²) in [4.78, 5) is 54.1. The van der Waals surface area contributed by atoms with E-state index in [-0.39, 0.29) is 31.2 Å². The largest absolute Gasteiger partial charge is 0.455 e. The summed E-state index contributed by atoms with van der Waals surface area (Å²) in [6.45, 7) is 10.8. The Hall–Kier alpha value is -3.14. The van der Waals surface area contributed by atoms with Gasteiger partial charge < -0.3 is 45.3 Å². The number of carbonyl (C=O) groups is 4. The molecule has 5 rings (SSSR count). The predicted molar refractivity (Wildman–Crippen MR) is 178 cm³/mol. The number of hydrogen-bond acceptors (Lipinski definition) is 12. The molecule has 0 aromatic heterocycles. The van der Waals surface area contributed by atoms with Gasteiger partial charge in [0.2, 0.25) is 6.10 Å². The average Bonchev–Trinajstić information content (AvgIpc) is 3.06. The molecule has 1 aromatic rings. The highest BCUT2D eigenvalue weighted by molar-refractivity contribution is 6.64. The molecule has 14 heteroatoms. The third-order valence-electron chi connectivity index (χ3n) is 12.4. The molecule has 1 aliphatic heterocycles. The summed E-state index contributed by atoms with van der Waals surface area (Å²) in [6.07, 6.45) is -6.27. The Morgan fingerprint density at radius 3 is 2.43 bits per heavy atom. The summed E-state index contributed by atoms with van der Waals surface area (Å²) in [5.41, 5.74) is 1.93. The fraction of sp³-hybridized carbons (Fsp3) is 0.657. The highest BCUT2D eigenvalue weighted by atomic mass is 16.6. The van der Waals surface area contributed by atoms with Gasteiger partial charge in [0, 0.05) is 30.7 Å². The van der Waals surface area contributed by atoms with E-state index in [2.05, 4.69) is 5.23 Å². The summed E-state index contributed by atoms with van der Waals surface area (Å²) in [6, 6.07) is 7.50. The normalized spacial score (nSPS) is 37.6. The maximum atomic E-state index is 14.5. The molecular weight excluding hydrogens is 633 g/mol. The number of esters is 1. The Balaban J connectivity index is 1.60. The van der Waals surface area contributed by atoms with E-state index in [9.17, 15) is 34.5 Å². The lowest BCUT2D eigenvalue weighted by atomic mass is 9.40. The van der Waals surface area contributed by atoms with E-state index >= 15 is 0 Å². The van der Waals surface area contributed by atoms with Gasteiger partial charge in [-0.2, -0.15) is 0 Å². The van der Waals surface area contributed by atoms with Gasteiger partial charge in [0.25, 0.3) is 7.41 Å². The highest BCUT2D eigenvalue weighted by Gasteiger charge is 2.73. The Kier molecular flexibility index (Phi) is 10.0. The van der Waals surface area contributed by atoms with Crippen molar-refractivity contribution in [3.05, 3.63) is 47.0 Å². The second-order valence-electron chi connectivity index (χ2n) is 15.2. The Morgan fingerprint density at radius 1 is 1.20 bits per heavy atom. The monoisotopic (exact) mass is 682 g/mol. The van der Waals surface area contributed by atoms with Crippen LogP contribution in [0, 0.1) is 28.1 Å². The van der Waals surface area contributed by atoms with Crippen LogP contribution in [0.2, 0.25) is 0 Å². The number of ether oxygens (including phenoxy) is 3. The molecule has 4 aliphatic rings. The van der Waals surface area contributed by atoms with Gasteiger partial charge in [-0.1, -0.05) is 58.0 Å². The number of aliphatic hydroxyl groups is 3. The number of ketones is 1. The van der Waals surface area contributed by atoms with Gasteiger partial charge in [-0.3, -0.25) is 9.69 Å². The molecule has 13 nitrogen and oxygen atoms in total. The number of amides is 1. The number of aliphatic hydroxyl groups excluding tert-OH is 2. The topological polar surface area (TPSA) is 198 Å². The van der Waals surface area contributed by atoms with Crippen LogP contribution in [0.15, 0.2) is 41.5 Å². The molecule has 1 heterocycles. The van der Waals surface area contributed by atoms with Gasteiger partial charge >= 0.3 is 12.1 Å². The summed E-state index contributed by atoms with van der Waals surface area (Å²) >= 11 is 0. The average molecular weight is 683 g/mol. The zero-order chi connectivity index (χ0) is 36.3. The van der Waals surface area contributed by atoms with Crippen LogP contribution < -0.4 is 11.0 Å². The highest BCUT2D eigenvalue weighted by Crippen LogP contribution is 2.66. The van der Waals surface area contributed by atoms with Gasteiger partial charge in [-0.05, 0) is 42.4 Å². The van der Waals surface area contributed by atoms with Crippen molar-refractivity contribution in [3.63, 3.8) is 0 Å². The minimum atomic E-state index is -1.72. The van der Waals surface area contributed by atoms with Crippen molar-refractivity contribution in [2.75, 3.05) is 20.3 Å². The molecule has 1 radical (unpaired) electrons. The number of fused-ring (bicyclic) bond motifs is 5. The molecule has 49 heavy (non-hydrogen) atoms. The summed E-state index contributed by atoms with van der Waals surface area (Å²) in [5, 5.41) is 39.2. The van der Waals surface area contributed by atoms with Crippen LogP contribution in [0.1, 0.15) is 66.0 Å². The standard InChI is InChI=1S/C35H49BN3O10/c1-18-21(48-30(44)27(49-31(45)39(7)17-37)25(38-36-16-40)20-11-9-8-10-12-20)14-35(46)19(2)28-33(5)15-47-23(33)13-22(41)34(28,6)29(43)26(42)24(18)32(35,3)4/h8-12,16,19,21-23,25-28,38,41-42,46H,13-15,17,37H2,1-7H3/t19-,21-,22-,23+,25-,26+,27+,28+,33+,34+,35+/m0/s1. The minimum Gasteiger partial charge on any atom is -0.455 e. The Bertz CT molecular complexity index is 1510. The molecular formula is C35H49BN3O10. The quantitative estimate of drug-likeness (QED) is 0.0823. The third-order valence-corrected chi connectivity index (χ3v) is 12.4. The first-order chi connectivity index (χ1) is 22.9. The molecule has 1 amide bonds. The van der Waals surface area contributed by atoms with Gasteiger partial charge in [0.1, 0.15) is 12.2 Å². The first-order valence-corrected chi connectivity index (χ1v) is 16.8. The maximum absolute atomic E-state index is 14.5. The second-order valence-corrected chi connectivity index (χ2v) is 15.2. The molecule has 1 saturated heterocycles. The molecule has 1 aromatic carbocycles. The summed E-state index contributed by atoms with van der Waals surface area (Å²) < 4.78 is 17.7. The third kappa shape index (κ3) is 5.64. The van der Waals surface area contributed by atoms with Gasteiger partial charge in [-0.25, -0.2) is 9.59 Å². The second kappa shape index (κ2) is 13.2. The van der Waals surface area contributed by atoms with Crippen LogP contribution in [0.4, 0.5) is 4.79 Å². The van der Waals surface area contributed by atoms with Gasteiger partial charge in [-0.15, -0.1) is 0 Å². The molecule has 6 N–H and O–H groups in total. The van der Waals surface area contributed by atoms with E-state index in [4.69, 9.17) is 19.9 Å². The van der Waals surface area contributed by atoms with Crippen LogP contribution in [0.5, 0.6) is 0 Å². The maximum Gasteiger partial charge on any atom is 0.411 e. The Morgan fingerprint density at radius 2 is 1.86 bits per heavy atom. The van der Waals surface area contributed by atoms with E-state index in [0.29, 0.717) is 23.9 Å². The number of nitrogens with zero attached hydrogens (tertiary/aromatic N) is 1. The Labute approximate surface area is 287 Å². The molecule has 0 spiro atoms. The predicted octanol–water partition coefficient (Wildman–Crippen LogP) is 1.24. The first kappa shape index (κ1) is 37.1. The van der Waals surface area contributed by atoms with Crippen molar-refractivity contribution in [1.29, 1.82) is 0 Å². The lowest BCUT2D eigenvalue weighted by molar-refractivity contribution is -0.302. The lowest BCUT2D eigenvalue weighted by Crippen LogP contribution is -2.75. The van der Waals surface area contributed by atoms with Crippen molar-refractivity contribution in [3.8, 4) is 0 Å². The van der Waals surface area contributed by atoms with E-state index in [0.717, 1.165) is 12.3 Å². The van der Waals surface area contributed by atoms with Crippen molar-refractivity contribution >= 4 is 31.4 Å². The molecule has 267 valence electrons. The zero-order valence-electron chi connectivity index (χ0n) is 29.2. The number of carbonyl (C=O) groups excluding carboxylic acids is 4. The molecule has 2 bridgehead atoms. The van der Waals surface area contributed by atoms with Crippen molar-refractivity contribution in [2.45, 2.75) is 96.5 Å². The van der Waals surface area contributed by atoms with E-state index in [1.807, 2.05) is 13.8 Å². The number of benzene rings is 1. The van der Waals surface area contributed by atoms with Crippen molar-refractivity contribution < 1.29 is 48.7 Å². The number of hydrogen-bond donors (Lipinski definition) is 5. The molecule has 0 unspecified atom stereocenters. The smallest absolute Gasteiger partial charge is 0.411 e. The summed E-state index contributed by atoms with van der Waals surface area (Å²) in [5.74, 6) is -2.80. The molecule has 2 saturated carbocycles. The molecule has 3 fully saturated rings. The van der Waals surface area contributed by atoms with Gasteiger partial charge in [0.15, 0.2) is 5.78 Å². The van der Waals surface area contributed by atoms with E-state index in [1.54, 1.807) is 58.0 Å². The number of nitrogens with two attached hydrogens (primary N) is 1. The van der Waals surface area contributed by atoms with Crippen LogP contribution in [-0.4, -0.2) is 108 Å². The lowest BCUT2D eigenvalue weighted by Gasteiger charge is -2.68. The fourth-order valence-corrected chi connectivity index (χ4v) is 9.47. The zero-order valence-corrected chi connectivity index (χ0v) is 29.2. The van der Waals surface area contributed by atoms with Crippen LogP contribution in [-0.2, 0) is 28.6 Å². The first-order valence-electron chi connectivity index (χ1n) is 16.8. The number of Topliss-reactive ketones (excluding diaryl/α,β-unsaturated/α-hetero) is 1. The molecule has 3 aliphatic carbocycles. The SMILES string of the molecule is CC1=C2[C@@H](O)C(=O)[C@@]3(C)[C@H]([C@H](C)[C@](O)(C[C@@H]1OC(=O)[C@H](OC(=O)N(C)CN)[C@@H](N[B]C=O)c1ccccc1)C2(C)C)[C@]1(C)CO[C@@H]1C[C@@H]3O. The number of rotatable bonds is 9. The van der Waals surface area contributed by atoms with Crippen LogP contribution in [0.3, 0.4) is 0 Å². The minimum absolute atomic E-state index is 0.110. The molecule has 11 atom stereocenters. The van der Waals surface area contributed by atoms with E-state index in [1.165, 1.54) is 7.05 Å². The van der Waals surface area contributed by atoms with E-state index < -0.39 is 82.0 Å². The van der Waals surface area contributed by atoms with Crippen molar-refractivity contribution in [2.24, 2.45) is 33.8 Å². The van der Waals surface area contributed by atoms with Crippen LogP contribution >= 0.6 is 0 Å². The van der Waals surface area contributed by atoms with Crippen molar-refractivity contribution in [1.82, 2.24) is 10.1 Å². The van der Waals surface area contributed by atoms with Gasteiger partial charge in [0.05, 0.1) is 48.7 Å². The summed E-state index contributed by atoms with van der Waals surface area (Å²) in [7, 11) is 2.47. The number of nitrogens with one attached hydrogen (secondary N) is 1. The fourth-order valence-electron chi connectivity index (χ4n) is 9.47. The van der Waals surface area contributed by atoms with Crippen LogP contribution in [0.25, 0.3) is 0 Å².